The molecule has 0 N–H and O–H groups in total. The van der Waals surface area contributed by atoms with Crippen molar-refractivity contribution in [1.82, 2.24) is 4.90 Å². The summed E-state index contributed by atoms with van der Waals surface area (Å²) in [5, 5.41) is 0. The Morgan fingerprint density at radius 3 is 1.43 bits per heavy atom. The van der Waals surface area contributed by atoms with Crippen molar-refractivity contribution in [3.8, 4) is 0 Å². The fourth-order valence-electron chi connectivity index (χ4n) is 7.57. The standard InChI is InChI=1S/C47H87NO8/c1-6-9-12-15-16-17-18-19-22-23-30-42(56-46(52)47(4)35-36-48(5)40-47)31-28-37-53-43(49)34-27-26-29-41(38-54-44(50)32-24-20-13-10-7-2)39-55-45(51)33-25-21-14-11-8-3/h41-42H,6-40H2,1-5H3. The lowest BCUT2D eigenvalue weighted by Crippen LogP contribution is -2.35. The highest BCUT2D eigenvalue weighted by molar-refractivity contribution is 5.77. The van der Waals surface area contributed by atoms with Crippen molar-refractivity contribution >= 4 is 23.9 Å². The van der Waals surface area contributed by atoms with Gasteiger partial charge in [-0.1, -0.05) is 136 Å². The van der Waals surface area contributed by atoms with Gasteiger partial charge in [-0.05, 0) is 78.3 Å². The largest absolute Gasteiger partial charge is 0.466 e. The molecule has 0 spiro atoms. The summed E-state index contributed by atoms with van der Waals surface area (Å²) in [6, 6.07) is 0. The van der Waals surface area contributed by atoms with Gasteiger partial charge in [-0.3, -0.25) is 19.2 Å². The van der Waals surface area contributed by atoms with E-state index in [1.165, 1.54) is 64.2 Å². The quantitative estimate of drug-likeness (QED) is 0.0343. The maximum Gasteiger partial charge on any atom is 0.313 e. The minimum Gasteiger partial charge on any atom is -0.466 e. The van der Waals surface area contributed by atoms with E-state index in [2.05, 4.69) is 32.7 Å². The molecule has 1 saturated heterocycles. The number of hydrogen-bond acceptors (Lipinski definition) is 9. The Morgan fingerprint density at radius 2 is 0.946 bits per heavy atom. The molecule has 0 bridgehead atoms. The number of unbranched alkanes of at least 4 members (excludes halogenated alkanes) is 18. The van der Waals surface area contributed by atoms with Crippen LogP contribution in [0.25, 0.3) is 0 Å². The first-order chi connectivity index (χ1) is 27.1. The third kappa shape index (κ3) is 28.3. The number of carbonyl (C=O) groups excluding carboxylic acids is 4. The summed E-state index contributed by atoms with van der Waals surface area (Å²) in [5.41, 5.74) is -0.457. The Bertz CT molecular complexity index is 975. The van der Waals surface area contributed by atoms with Gasteiger partial charge in [0.15, 0.2) is 0 Å². The molecule has 1 aliphatic rings. The van der Waals surface area contributed by atoms with Gasteiger partial charge in [0.05, 0.1) is 25.2 Å². The molecule has 0 amide bonds. The molecule has 0 aromatic carbocycles. The summed E-state index contributed by atoms with van der Waals surface area (Å²) in [6.45, 7) is 11.0. The summed E-state index contributed by atoms with van der Waals surface area (Å²) >= 11 is 0. The normalized spacial score (nSPS) is 16.2. The Morgan fingerprint density at radius 1 is 0.536 bits per heavy atom. The van der Waals surface area contributed by atoms with E-state index in [1.807, 2.05) is 6.92 Å². The Labute approximate surface area is 343 Å². The average Bonchev–Trinajstić information content (AvgIpc) is 3.54. The molecule has 1 heterocycles. The summed E-state index contributed by atoms with van der Waals surface area (Å²) < 4.78 is 22.9. The van der Waals surface area contributed by atoms with E-state index in [4.69, 9.17) is 18.9 Å². The number of esters is 4. The van der Waals surface area contributed by atoms with Crippen LogP contribution in [-0.2, 0) is 38.1 Å². The molecule has 0 aromatic rings. The van der Waals surface area contributed by atoms with Crippen molar-refractivity contribution in [2.24, 2.45) is 11.3 Å². The summed E-state index contributed by atoms with van der Waals surface area (Å²) in [4.78, 5) is 52.9. The predicted molar refractivity (Wildman–Crippen MR) is 227 cm³/mol. The van der Waals surface area contributed by atoms with Crippen LogP contribution in [0.15, 0.2) is 0 Å². The van der Waals surface area contributed by atoms with Crippen molar-refractivity contribution in [2.45, 2.75) is 226 Å². The van der Waals surface area contributed by atoms with E-state index < -0.39 is 5.41 Å². The summed E-state index contributed by atoms with van der Waals surface area (Å²) in [5.74, 6) is -0.809. The molecular weight excluding hydrogens is 707 g/mol. The molecule has 0 radical (unpaired) electrons. The van der Waals surface area contributed by atoms with Gasteiger partial charge >= 0.3 is 23.9 Å². The zero-order valence-electron chi connectivity index (χ0n) is 37.1. The molecule has 0 saturated carbocycles. The van der Waals surface area contributed by atoms with Crippen LogP contribution in [0.4, 0.5) is 0 Å². The minimum absolute atomic E-state index is 0.0939. The van der Waals surface area contributed by atoms with Crippen molar-refractivity contribution < 1.29 is 38.1 Å². The van der Waals surface area contributed by atoms with Gasteiger partial charge in [-0.15, -0.1) is 0 Å². The van der Waals surface area contributed by atoms with E-state index in [9.17, 15) is 19.2 Å². The van der Waals surface area contributed by atoms with Crippen LogP contribution < -0.4 is 0 Å². The second-order valence-electron chi connectivity index (χ2n) is 17.2. The number of ether oxygens (including phenoxy) is 4. The zero-order chi connectivity index (χ0) is 41.1. The van der Waals surface area contributed by atoms with Gasteiger partial charge in [0.2, 0.25) is 0 Å². The maximum atomic E-state index is 13.3. The monoisotopic (exact) mass is 794 g/mol. The number of likely N-dealkylation sites (tertiary alicyclic amines) is 1. The average molecular weight is 794 g/mol. The fourth-order valence-corrected chi connectivity index (χ4v) is 7.57. The molecule has 328 valence electrons. The van der Waals surface area contributed by atoms with Crippen molar-refractivity contribution in [1.29, 1.82) is 0 Å². The first-order valence-corrected chi connectivity index (χ1v) is 23.5. The summed E-state index contributed by atoms with van der Waals surface area (Å²) in [6.07, 6.45) is 29.5. The Balaban J connectivity index is 2.47. The van der Waals surface area contributed by atoms with Crippen LogP contribution in [0.5, 0.6) is 0 Å². The third-order valence-electron chi connectivity index (χ3n) is 11.4. The van der Waals surface area contributed by atoms with Crippen LogP contribution in [0.1, 0.15) is 220 Å². The molecule has 56 heavy (non-hydrogen) atoms. The van der Waals surface area contributed by atoms with Crippen LogP contribution in [0.2, 0.25) is 0 Å². The van der Waals surface area contributed by atoms with Crippen molar-refractivity contribution in [3.05, 3.63) is 0 Å². The highest BCUT2D eigenvalue weighted by Crippen LogP contribution is 2.32. The molecular formula is C47H87NO8. The second kappa shape index (κ2) is 34.8. The predicted octanol–water partition coefficient (Wildman–Crippen LogP) is 11.9. The number of carbonyl (C=O) groups is 4. The molecule has 9 heteroatoms. The minimum atomic E-state index is -0.457. The van der Waals surface area contributed by atoms with Gasteiger partial charge in [-0.25, -0.2) is 0 Å². The second-order valence-corrected chi connectivity index (χ2v) is 17.2. The van der Waals surface area contributed by atoms with E-state index in [1.54, 1.807) is 0 Å². The molecule has 0 aliphatic carbocycles. The van der Waals surface area contributed by atoms with Crippen LogP contribution >= 0.6 is 0 Å². The van der Waals surface area contributed by atoms with Crippen LogP contribution in [0.3, 0.4) is 0 Å². The number of nitrogens with zero attached hydrogens (tertiary/aromatic N) is 1. The topological polar surface area (TPSA) is 108 Å². The molecule has 2 atom stereocenters. The van der Waals surface area contributed by atoms with Crippen LogP contribution in [0, 0.1) is 11.3 Å². The lowest BCUT2D eigenvalue weighted by molar-refractivity contribution is -0.161. The highest BCUT2D eigenvalue weighted by atomic mass is 16.6. The zero-order valence-corrected chi connectivity index (χ0v) is 37.1. The third-order valence-corrected chi connectivity index (χ3v) is 11.4. The fraction of sp³-hybridized carbons (Fsp3) is 0.915. The van der Waals surface area contributed by atoms with Gasteiger partial charge in [-0.2, -0.15) is 0 Å². The van der Waals surface area contributed by atoms with E-state index in [0.29, 0.717) is 51.6 Å². The number of hydrogen-bond donors (Lipinski definition) is 0. The molecule has 2 unspecified atom stereocenters. The SMILES string of the molecule is CCCCCCCCCCCCC(CCCOC(=O)CCCCC(COC(=O)CCCCCCC)COC(=O)CCCCCCC)OC(=O)C1(C)CCN(C)C1. The van der Waals surface area contributed by atoms with Gasteiger partial charge in [0.25, 0.3) is 0 Å². The lowest BCUT2D eigenvalue weighted by atomic mass is 9.90. The molecule has 0 aromatic heterocycles. The van der Waals surface area contributed by atoms with Gasteiger partial charge in [0, 0.05) is 31.7 Å². The molecule has 1 fully saturated rings. The van der Waals surface area contributed by atoms with E-state index >= 15 is 0 Å². The molecule has 1 aliphatic heterocycles. The molecule has 1 rings (SSSR count). The van der Waals surface area contributed by atoms with E-state index in [-0.39, 0.29) is 49.1 Å². The highest BCUT2D eigenvalue weighted by Gasteiger charge is 2.41. The maximum absolute atomic E-state index is 13.3. The summed E-state index contributed by atoms with van der Waals surface area (Å²) in [7, 11) is 2.05. The van der Waals surface area contributed by atoms with Crippen LogP contribution in [-0.4, -0.2) is 74.8 Å². The smallest absolute Gasteiger partial charge is 0.313 e. The lowest BCUT2D eigenvalue weighted by Gasteiger charge is -2.26. The first kappa shape index (κ1) is 51.9. The van der Waals surface area contributed by atoms with E-state index in [0.717, 1.165) is 96.6 Å². The van der Waals surface area contributed by atoms with Gasteiger partial charge in [0.1, 0.15) is 6.10 Å². The Hall–Kier alpha value is -2.16. The molecule has 9 nitrogen and oxygen atoms in total. The van der Waals surface area contributed by atoms with Gasteiger partial charge < -0.3 is 23.8 Å². The van der Waals surface area contributed by atoms with Crippen molar-refractivity contribution in [2.75, 3.05) is 40.0 Å². The van der Waals surface area contributed by atoms with Crippen molar-refractivity contribution in [3.63, 3.8) is 0 Å². The Kier molecular flexibility index (Phi) is 32.3. The number of rotatable bonds is 38. The first-order valence-electron chi connectivity index (χ1n) is 23.5.